The van der Waals surface area contributed by atoms with Gasteiger partial charge >= 0.3 is 12.1 Å². The molecule has 0 saturated carbocycles. The number of halogens is 3. The summed E-state index contributed by atoms with van der Waals surface area (Å²) in [4.78, 5) is 12.9. The quantitative estimate of drug-likeness (QED) is 0.582. The van der Waals surface area contributed by atoms with Crippen LogP contribution in [0.4, 0.5) is 19.0 Å². The lowest BCUT2D eigenvalue weighted by Crippen LogP contribution is -2.39. The molecule has 1 aromatic carbocycles. The minimum Gasteiger partial charge on any atom is -0.711 e. The molecule has 0 fully saturated rings. The molecule has 6 nitrogen and oxygen atoms in total. The van der Waals surface area contributed by atoms with Crippen molar-refractivity contribution in [3.63, 3.8) is 0 Å². The minimum absolute atomic E-state index is 0.0923. The van der Waals surface area contributed by atoms with Gasteiger partial charge in [-0.05, 0) is 36.8 Å². The SMILES string of the molecule is CCS(=O)(=O)c1cc(C(F)(F)F)ccc1C(=O)N(C)c1ccc(C)c[n+]1[O-]. The van der Waals surface area contributed by atoms with Gasteiger partial charge in [-0.1, -0.05) is 6.92 Å². The molecule has 0 spiro atoms. The molecule has 0 aliphatic carbocycles. The summed E-state index contributed by atoms with van der Waals surface area (Å²) in [7, 11) is -2.88. The number of pyridine rings is 1. The van der Waals surface area contributed by atoms with Crippen molar-refractivity contribution < 1.29 is 31.1 Å². The monoisotopic (exact) mass is 402 g/mol. The Morgan fingerprint density at radius 2 is 1.85 bits per heavy atom. The predicted molar refractivity (Wildman–Crippen MR) is 92.0 cm³/mol. The number of nitrogens with zero attached hydrogens (tertiary/aromatic N) is 2. The van der Waals surface area contributed by atoms with Crippen molar-refractivity contribution in [2.75, 3.05) is 17.7 Å². The summed E-state index contributed by atoms with van der Waals surface area (Å²) in [6.07, 6.45) is -3.55. The van der Waals surface area contributed by atoms with Crippen LogP contribution in [0.3, 0.4) is 0 Å². The van der Waals surface area contributed by atoms with Crippen molar-refractivity contribution in [1.29, 1.82) is 0 Å². The van der Waals surface area contributed by atoms with Crippen LogP contribution in [0.15, 0.2) is 41.4 Å². The van der Waals surface area contributed by atoms with Crippen LogP contribution in [-0.2, 0) is 16.0 Å². The largest absolute Gasteiger partial charge is 0.711 e. The number of aryl methyl sites for hydroxylation is 1. The summed E-state index contributed by atoms with van der Waals surface area (Å²) in [5, 5.41) is 12.0. The molecule has 2 rings (SSSR count). The molecule has 10 heteroatoms. The third-order valence-corrected chi connectivity index (χ3v) is 5.71. The van der Waals surface area contributed by atoms with Crippen LogP contribution in [0.1, 0.15) is 28.4 Å². The van der Waals surface area contributed by atoms with Gasteiger partial charge in [0.25, 0.3) is 5.82 Å². The van der Waals surface area contributed by atoms with Gasteiger partial charge < -0.3 is 5.21 Å². The molecular formula is C17H17F3N2O4S. The fourth-order valence-electron chi connectivity index (χ4n) is 2.41. The number of sulfone groups is 1. The Bertz CT molecular complexity index is 988. The molecule has 27 heavy (non-hydrogen) atoms. The molecule has 0 bridgehead atoms. The average molecular weight is 402 g/mol. The molecule has 0 N–H and O–H groups in total. The fourth-order valence-corrected chi connectivity index (χ4v) is 3.51. The highest BCUT2D eigenvalue weighted by Crippen LogP contribution is 2.32. The van der Waals surface area contributed by atoms with Crippen LogP contribution in [-0.4, -0.2) is 27.1 Å². The number of anilines is 1. The summed E-state index contributed by atoms with van der Waals surface area (Å²) >= 11 is 0. The second-order valence-corrected chi connectivity index (χ2v) is 8.11. The van der Waals surface area contributed by atoms with Gasteiger partial charge in [0.15, 0.2) is 9.84 Å². The topological polar surface area (TPSA) is 81.4 Å². The van der Waals surface area contributed by atoms with E-state index >= 15 is 0 Å². The normalized spacial score (nSPS) is 12.1. The van der Waals surface area contributed by atoms with Crippen molar-refractivity contribution in [3.05, 3.63) is 58.4 Å². The Morgan fingerprint density at radius 3 is 2.37 bits per heavy atom. The zero-order valence-corrected chi connectivity index (χ0v) is 15.6. The van der Waals surface area contributed by atoms with Crippen molar-refractivity contribution in [3.8, 4) is 0 Å². The molecule has 0 aliphatic heterocycles. The Labute approximate surface area is 154 Å². The van der Waals surface area contributed by atoms with Crippen LogP contribution >= 0.6 is 0 Å². The van der Waals surface area contributed by atoms with E-state index in [1.54, 1.807) is 13.0 Å². The zero-order valence-electron chi connectivity index (χ0n) is 14.7. The first-order chi connectivity index (χ1) is 12.4. The zero-order chi connectivity index (χ0) is 20.6. The second-order valence-electron chi connectivity index (χ2n) is 5.87. The van der Waals surface area contributed by atoms with Crippen molar-refractivity contribution >= 4 is 21.6 Å². The van der Waals surface area contributed by atoms with E-state index in [2.05, 4.69) is 0 Å². The van der Waals surface area contributed by atoms with Gasteiger partial charge in [-0.15, -0.1) is 0 Å². The number of alkyl halides is 3. The van der Waals surface area contributed by atoms with E-state index in [4.69, 9.17) is 0 Å². The van der Waals surface area contributed by atoms with Gasteiger partial charge in [0.1, 0.15) is 0 Å². The van der Waals surface area contributed by atoms with Gasteiger partial charge in [0.05, 0.1) is 35.0 Å². The smallest absolute Gasteiger partial charge is 0.416 e. The third kappa shape index (κ3) is 4.21. The van der Waals surface area contributed by atoms with Gasteiger partial charge in [-0.2, -0.15) is 18.1 Å². The Morgan fingerprint density at radius 1 is 1.22 bits per heavy atom. The summed E-state index contributed by atoms with van der Waals surface area (Å²) < 4.78 is 63.9. The number of carbonyl (C=O) groups is 1. The number of hydrogen-bond acceptors (Lipinski definition) is 4. The highest BCUT2D eigenvalue weighted by molar-refractivity contribution is 7.91. The third-order valence-electron chi connectivity index (χ3n) is 3.94. The van der Waals surface area contributed by atoms with E-state index in [1.165, 1.54) is 26.2 Å². The maximum atomic E-state index is 13.0. The second kappa shape index (κ2) is 7.18. The molecule has 0 saturated heterocycles. The van der Waals surface area contributed by atoms with Gasteiger partial charge in [0, 0.05) is 6.07 Å². The lowest BCUT2D eigenvalue weighted by atomic mass is 10.1. The summed E-state index contributed by atoms with van der Waals surface area (Å²) in [6.45, 7) is 2.93. The van der Waals surface area contributed by atoms with E-state index in [9.17, 15) is 31.6 Å². The van der Waals surface area contributed by atoms with Crippen LogP contribution in [0.5, 0.6) is 0 Å². The number of rotatable bonds is 4. The Balaban J connectivity index is 2.61. The predicted octanol–water partition coefficient (Wildman–Crippen LogP) is 2.72. The molecule has 0 radical (unpaired) electrons. The lowest BCUT2D eigenvalue weighted by molar-refractivity contribution is -0.592. The van der Waals surface area contributed by atoms with E-state index in [0.717, 1.165) is 11.0 Å². The molecule has 1 amide bonds. The molecule has 0 unspecified atom stereocenters. The van der Waals surface area contributed by atoms with Gasteiger partial charge in [0.2, 0.25) is 0 Å². The maximum absolute atomic E-state index is 13.0. The highest BCUT2D eigenvalue weighted by atomic mass is 32.2. The van der Waals surface area contributed by atoms with Crippen LogP contribution < -0.4 is 9.63 Å². The number of hydrogen-bond donors (Lipinski definition) is 0. The summed E-state index contributed by atoms with van der Waals surface area (Å²) in [6, 6.07) is 4.83. The number of carbonyl (C=O) groups excluding carboxylic acids is 1. The van der Waals surface area contributed by atoms with Crippen LogP contribution in [0, 0.1) is 12.1 Å². The Hall–Kier alpha value is -2.62. The average Bonchev–Trinajstić information content (AvgIpc) is 2.59. The Kier molecular flexibility index (Phi) is 5.50. The first-order valence-electron chi connectivity index (χ1n) is 7.80. The number of benzene rings is 1. The van der Waals surface area contributed by atoms with Crippen molar-refractivity contribution in [2.24, 2.45) is 0 Å². The first-order valence-corrected chi connectivity index (χ1v) is 9.45. The van der Waals surface area contributed by atoms with Crippen molar-refractivity contribution in [1.82, 2.24) is 0 Å². The van der Waals surface area contributed by atoms with E-state index in [0.29, 0.717) is 22.4 Å². The van der Waals surface area contributed by atoms with E-state index in [1.807, 2.05) is 0 Å². The molecule has 146 valence electrons. The van der Waals surface area contributed by atoms with Crippen molar-refractivity contribution in [2.45, 2.75) is 24.9 Å². The summed E-state index contributed by atoms with van der Waals surface area (Å²) in [5.41, 5.74) is -0.978. The number of amides is 1. The van der Waals surface area contributed by atoms with E-state index in [-0.39, 0.29) is 5.82 Å². The van der Waals surface area contributed by atoms with Crippen LogP contribution in [0.25, 0.3) is 0 Å². The molecular weight excluding hydrogens is 385 g/mol. The van der Waals surface area contributed by atoms with Crippen LogP contribution in [0.2, 0.25) is 0 Å². The maximum Gasteiger partial charge on any atom is 0.416 e. The fraction of sp³-hybridized carbons (Fsp3) is 0.294. The number of aromatic nitrogens is 1. The standard InChI is InChI=1S/C17H17F3N2O4S/c1-4-27(25,26)14-9-12(17(18,19)20)6-7-13(14)16(23)21(3)15-8-5-11(2)10-22(15)24/h5-10H,4H2,1-3H3. The molecule has 2 aromatic rings. The first kappa shape index (κ1) is 20.7. The lowest BCUT2D eigenvalue weighted by Gasteiger charge is -2.17. The molecule has 1 heterocycles. The van der Waals surface area contributed by atoms with Gasteiger partial charge in [-0.3, -0.25) is 0 Å². The minimum atomic E-state index is -4.76. The van der Waals surface area contributed by atoms with E-state index < -0.39 is 43.7 Å². The molecule has 0 atom stereocenters. The highest BCUT2D eigenvalue weighted by Gasteiger charge is 2.35. The molecule has 1 aromatic heterocycles. The molecule has 0 aliphatic rings. The van der Waals surface area contributed by atoms with Gasteiger partial charge in [-0.25, -0.2) is 17.9 Å². The summed E-state index contributed by atoms with van der Waals surface area (Å²) in [5.74, 6) is -1.49.